The minimum Gasteiger partial charge on any atom is -0.298 e. The van der Waals surface area contributed by atoms with Gasteiger partial charge >= 0.3 is 19.9 Å². The maximum Gasteiger partial charge on any atom is 0.412 e. The van der Waals surface area contributed by atoms with Crippen LogP contribution in [0.1, 0.15) is 0 Å². The van der Waals surface area contributed by atoms with Crippen molar-refractivity contribution in [3.05, 3.63) is 0 Å². The first-order valence-electron chi connectivity index (χ1n) is 3.55. The van der Waals surface area contributed by atoms with Gasteiger partial charge in [-0.25, -0.2) is 0 Å². The summed E-state index contributed by atoms with van der Waals surface area (Å²) in [5, 5.41) is -0.758. The Hall–Kier alpha value is 0.210. The van der Waals surface area contributed by atoms with Crippen molar-refractivity contribution in [2.24, 2.45) is 0 Å². The molecule has 0 amide bonds. The average molecular weight is 339 g/mol. The van der Waals surface area contributed by atoms with Gasteiger partial charge in [0, 0.05) is 0 Å². The van der Waals surface area contributed by atoms with Crippen molar-refractivity contribution in [2.75, 3.05) is 18.3 Å². The van der Waals surface area contributed by atoms with Crippen LogP contribution in [0, 0.1) is 0 Å². The second kappa shape index (κ2) is 5.70. The fraction of sp³-hybridized carbons (Fsp3) is 1.00. The highest BCUT2D eigenvalue weighted by molar-refractivity contribution is 9.10. The Morgan fingerprint density at radius 3 is 1.44 bits per heavy atom. The number of alkyl halides is 7. The van der Waals surface area contributed by atoms with E-state index in [-0.39, 0.29) is 0 Å². The zero-order valence-electron chi connectivity index (χ0n) is 7.44. The summed E-state index contributed by atoms with van der Waals surface area (Å²) < 4.78 is 88.7. The van der Waals surface area contributed by atoms with E-state index in [1.54, 1.807) is 0 Å². The van der Waals surface area contributed by atoms with Gasteiger partial charge in [0.1, 0.15) is 5.07 Å². The Labute approximate surface area is 94.7 Å². The third-order valence-electron chi connectivity index (χ3n) is 0.996. The van der Waals surface area contributed by atoms with E-state index < -0.39 is 38.2 Å². The van der Waals surface area contributed by atoms with E-state index in [0.29, 0.717) is 0 Å². The Balaban J connectivity index is 4.28. The normalized spacial score (nSPS) is 14.2. The zero-order chi connectivity index (χ0) is 13.0. The molecule has 0 aromatic carbocycles. The topological polar surface area (TPSA) is 35.5 Å². The molecule has 0 unspecified atom stereocenters. The summed E-state index contributed by atoms with van der Waals surface area (Å²) in [5.74, 6) is 0. The minimum absolute atomic E-state index is 0.758. The van der Waals surface area contributed by atoms with Gasteiger partial charge in [-0.2, -0.15) is 26.3 Å². The third kappa shape index (κ3) is 8.37. The van der Waals surface area contributed by atoms with Crippen LogP contribution in [-0.2, 0) is 13.6 Å². The smallest absolute Gasteiger partial charge is 0.298 e. The van der Waals surface area contributed by atoms with Crippen molar-refractivity contribution in [3.63, 3.8) is 0 Å². The summed E-state index contributed by atoms with van der Waals surface area (Å²) in [4.78, 5) is 0. The summed E-state index contributed by atoms with van der Waals surface area (Å²) in [6.45, 7) is -3.87. The van der Waals surface area contributed by atoms with Crippen LogP contribution in [0.25, 0.3) is 0 Å². The molecule has 0 N–H and O–H groups in total. The number of rotatable bonds is 5. The maximum atomic E-state index is 11.7. The van der Waals surface area contributed by atoms with Crippen LogP contribution in [-0.4, -0.2) is 30.6 Å². The molecule has 0 aromatic rings. The van der Waals surface area contributed by atoms with Crippen molar-refractivity contribution in [1.82, 2.24) is 0 Å². The molecule has 11 heteroatoms. The zero-order valence-corrected chi connectivity index (χ0v) is 9.92. The minimum atomic E-state index is -4.79. The second-order valence-corrected chi connectivity index (χ2v) is 5.99. The van der Waals surface area contributed by atoms with Crippen LogP contribution in [0.2, 0.25) is 0 Å². The molecule has 98 valence electrons. The molecule has 0 atom stereocenters. The Kier molecular flexibility index (Phi) is 5.78. The molecule has 0 spiro atoms. The molecule has 0 aromatic heterocycles. The molecule has 16 heavy (non-hydrogen) atoms. The van der Waals surface area contributed by atoms with E-state index in [0.717, 1.165) is 0 Å². The molecule has 0 heterocycles. The lowest BCUT2D eigenvalue weighted by Crippen LogP contribution is -2.20. The van der Waals surface area contributed by atoms with E-state index in [4.69, 9.17) is 0 Å². The monoisotopic (exact) mass is 338 g/mol. The van der Waals surface area contributed by atoms with Crippen LogP contribution in [0.3, 0.4) is 0 Å². The van der Waals surface area contributed by atoms with E-state index in [1.807, 2.05) is 0 Å². The molecule has 0 radical (unpaired) electrons. The van der Waals surface area contributed by atoms with Gasteiger partial charge in [-0.05, 0) is 0 Å². The number of halogens is 7. The molecule has 0 saturated heterocycles. The van der Waals surface area contributed by atoms with Gasteiger partial charge in [0.25, 0.3) is 0 Å². The second-order valence-electron chi connectivity index (χ2n) is 2.51. The summed E-state index contributed by atoms with van der Waals surface area (Å²) >= 11 is 2.46. The van der Waals surface area contributed by atoms with Gasteiger partial charge in [-0.15, -0.1) is 0 Å². The highest BCUT2D eigenvalue weighted by Crippen LogP contribution is 2.51. The van der Waals surface area contributed by atoms with E-state index in [1.165, 1.54) is 0 Å². The van der Waals surface area contributed by atoms with Gasteiger partial charge in [-0.1, -0.05) is 15.9 Å². The lowest BCUT2D eigenvalue weighted by atomic mass is 10.7. The molecule has 0 bridgehead atoms. The van der Waals surface area contributed by atoms with E-state index in [2.05, 4.69) is 25.0 Å². The lowest BCUT2D eigenvalue weighted by Gasteiger charge is -2.18. The maximum absolute atomic E-state index is 11.7. The van der Waals surface area contributed by atoms with Gasteiger partial charge < -0.3 is 0 Å². The first-order valence-corrected chi connectivity index (χ1v) is 6.40. The van der Waals surface area contributed by atoms with Gasteiger partial charge in [0.15, 0.2) is 13.2 Å². The quantitative estimate of drug-likeness (QED) is 0.435. The highest BCUT2D eigenvalue weighted by atomic mass is 79.9. The first-order chi connectivity index (χ1) is 6.97. The SMILES string of the molecule is O=P(CBr)(OCC(F)(F)F)OCC(F)(F)F. The summed E-state index contributed by atoms with van der Waals surface area (Å²) in [7, 11) is -4.42. The molecule has 0 rings (SSSR count). The largest absolute Gasteiger partial charge is 0.412 e. The Morgan fingerprint density at radius 1 is 0.938 bits per heavy atom. The molecule has 0 saturated carbocycles. The van der Waals surface area contributed by atoms with Gasteiger partial charge in [0.2, 0.25) is 0 Å². The van der Waals surface area contributed by atoms with Crippen LogP contribution < -0.4 is 0 Å². The van der Waals surface area contributed by atoms with Crippen LogP contribution >= 0.6 is 23.5 Å². The molecular formula is C5H6BrF6O3P. The van der Waals surface area contributed by atoms with E-state index >= 15 is 0 Å². The van der Waals surface area contributed by atoms with Crippen molar-refractivity contribution >= 4 is 23.5 Å². The van der Waals surface area contributed by atoms with Crippen molar-refractivity contribution in [1.29, 1.82) is 0 Å². The Morgan fingerprint density at radius 2 is 1.25 bits per heavy atom. The predicted octanol–water partition coefficient (Wildman–Crippen LogP) is 3.69. The van der Waals surface area contributed by atoms with Gasteiger partial charge in [0.05, 0.1) is 0 Å². The fourth-order valence-electron chi connectivity index (χ4n) is 0.449. The van der Waals surface area contributed by atoms with Crippen LogP contribution in [0.4, 0.5) is 26.3 Å². The Bertz CT molecular complexity index is 242. The van der Waals surface area contributed by atoms with E-state index in [9.17, 15) is 30.9 Å². The van der Waals surface area contributed by atoms with Gasteiger partial charge in [-0.3, -0.25) is 13.6 Å². The average Bonchev–Trinajstić information content (AvgIpc) is 2.09. The fourth-order valence-corrected chi connectivity index (χ4v) is 2.22. The molecule has 0 aliphatic rings. The first kappa shape index (κ1) is 16.2. The number of hydrogen-bond donors (Lipinski definition) is 0. The predicted molar refractivity (Wildman–Crippen MR) is 45.4 cm³/mol. The molecule has 0 aliphatic carbocycles. The summed E-state index contributed by atoms with van der Waals surface area (Å²) in [6, 6.07) is 0. The standard InChI is InChI=1S/C5H6BrF6O3P/c6-3-16(13,14-1-4(7,8)9)15-2-5(10,11)12/h1-3H2. The third-order valence-corrected chi connectivity index (χ3v) is 4.18. The molecule has 0 fully saturated rings. The van der Waals surface area contributed by atoms with Crippen LogP contribution in [0.15, 0.2) is 0 Å². The highest BCUT2D eigenvalue weighted by Gasteiger charge is 2.37. The molecule has 3 nitrogen and oxygen atoms in total. The van der Waals surface area contributed by atoms with Crippen molar-refractivity contribution in [3.8, 4) is 0 Å². The molecular weight excluding hydrogens is 333 g/mol. The van der Waals surface area contributed by atoms with Crippen molar-refractivity contribution in [2.45, 2.75) is 12.4 Å². The molecule has 0 aliphatic heterocycles. The lowest BCUT2D eigenvalue weighted by molar-refractivity contribution is -0.165. The number of hydrogen-bond acceptors (Lipinski definition) is 3. The summed E-state index contributed by atoms with van der Waals surface area (Å²) in [6.07, 6.45) is -9.58. The van der Waals surface area contributed by atoms with Crippen LogP contribution in [0.5, 0.6) is 0 Å². The summed E-state index contributed by atoms with van der Waals surface area (Å²) in [5.41, 5.74) is 0. The van der Waals surface area contributed by atoms with Crippen molar-refractivity contribution < 1.29 is 40.0 Å².